The lowest BCUT2D eigenvalue weighted by Crippen LogP contribution is -2.28. The number of aryl methyl sites for hydroxylation is 1. The number of halogens is 1. The number of carbonyl (C=O) groups is 1. The Morgan fingerprint density at radius 3 is 2.89 bits per heavy atom. The topological polar surface area (TPSA) is 46.4 Å². The first-order valence-corrected chi connectivity index (χ1v) is 5.91. The first-order valence-electron chi connectivity index (χ1n) is 5.91. The molecule has 2 aromatic rings. The first kappa shape index (κ1) is 12.5. The molecule has 0 radical (unpaired) electrons. The Bertz CT molecular complexity index is 589. The molecule has 0 spiro atoms. The van der Waals surface area contributed by atoms with Gasteiger partial charge in [-0.15, -0.1) is 0 Å². The summed E-state index contributed by atoms with van der Waals surface area (Å²) in [7, 11) is 0. The van der Waals surface area contributed by atoms with E-state index in [0.29, 0.717) is 29.5 Å². The molecule has 0 bridgehead atoms. The van der Waals surface area contributed by atoms with Gasteiger partial charge in [-0.2, -0.15) is 0 Å². The van der Waals surface area contributed by atoms with Gasteiger partial charge in [0, 0.05) is 12.7 Å². The van der Waals surface area contributed by atoms with Crippen LogP contribution >= 0.6 is 0 Å². The summed E-state index contributed by atoms with van der Waals surface area (Å²) in [6, 6.07) is 2.89. The zero-order valence-corrected chi connectivity index (χ0v) is 10.7. The molecule has 0 unspecified atom stereocenters. The summed E-state index contributed by atoms with van der Waals surface area (Å²) in [4.78, 5) is 16.3. The van der Waals surface area contributed by atoms with E-state index in [0.717, 1.165) is 0 Å². The number of hydrogen-bond donors (Lipinski definition) is 1. The molecule has 0 aromatic carbocycles. The fourth-order valence-electron chi connectivity index (χ4n) is 1.79. The van der Waals surface area contributed by atoms with Crippen molar-refractivity contribution in [1.82, 2.24) is 14.7 Å². The quantitative estimate of drug-likeness (QED) is 0.906. The molecular weight excluding hydrogens is 233 g/mol. The number of hydrogen-bond acceptors (Lipinski definition) is 2. The van der Waals surface area contributed by atoms with Gasteiger partial charge in [-0.1, -0.05) is 13.8 Å². The van der Waals surface area contributed by atoms with Gasteiger partial charge < -0.3 is 5.32 Å². The molecule has 0 atom stereocenters. The fraction of sp³-hybridized carbons (Fsp3) is 0.385. The predicted molar refractivity (Wildman–Crippen MR) is 67.1 cm³/mol. The molecule has 2 aromatic heterocycles. The van der Waals surface area contributed by atoms with E-state index in [-0.39, 0.29) is 5.91 Å². The van der Waals surface area contributed by atoms with Gasteiger partial charge >= 0.3 is 0 Å². The second kappa shape index (κ2) is 4.76. The maximum Gasteiger partial charge on any atom is 0.270 e. The molecule has 0 aliphatic rings. The molecule has 1 N–H and O–H groups in total. The molecular formula is C13H16FN3O. The van der Waals surface area contributed by atoms with Crippen molar-refractivity contribution in [2.24, 2.45) is 5.92 Å². The van der Waals surface area contributed by atoms with Crippen molar-refractivity contribution >= 4 is 11.6 Å². The minimum absolute atomic E-state index is 0.223. The molecule has 96 valence electrons. The van der Waals surface area contributed by atoms with E-state index in [9.17, 15) is 9.18 Å². The standard InChI is InChI=1S/C13H16FN3O/c1-8(2)6-15-13(18)12-9(3)16-11-5-4-10(14)7-17(11)12/h4-5,7-8H,6H2,1-3H3,(H,15,18). The molecule has 2 rings (SSSR count). The van der Waals surface area contributed by atoms with Crippen molar-refractivity contribution in [3.8, 4) is 0 Å². The van der Waals surface area contributed by atoms with Gasteiger partial charge in [-0.25, -0.2) is 9.37 Å². The normalized spacial score (nSPS) is 11.2. The zero-order valence-electron chi connectivity index (χ0n) is 10.7. The Labute approximate surface area is 105 Å². The van der Waals surface area contributed by atoms with Gasteiger partial charge in [-0.3, -0.25) is 9.20 Å². The fourth-order valence-corrected chi connectivity index (χ4v) is 1.79. The molecule has 18 heavy (non-hydrogen) atoms. The van der Waals surface area contributed by atoms with E-state index in [4.69, 9.17) is 0 Å². The van der Waals surface area contributed by atoms with Gasteiger partial charge in [0.2, 0.25) is 0 Å². The number of amides is 1. The monoisotopic (exact) mass is 249 g/mol. The van der Waals surface area contributed by atoms with Crippen LogP contribution in [0.5, 0.6) is 0 Å². The Morgan fingerprint density at radius 1 is 1.50 bits per heavy atom. The Balaban J connectivity index is 2.40. The van der Waals surface area contributed by atoms with Crippen LogP contribution in [0.4, 0.5) is 4.39 Å². The van der Waals surface area contributed by atoms with E-state index >= 15 is 0 Å². The number of aromatic nitrogens is 2. The minimum atomic E-state index is -0.391. The number of carbonyl (C=O) groups excluding carboxylic acids is 1. The van der Waals surface area contributed by atoms with Crippen LogP contribution in [0.15, 0.2) is 18.3 Å². The van der Waals surface area contributed by atoms with E-state index in [1.54, 1.807) is 13.0 Å². The van der Waals surface area contributed by atoms with Crippen LogP contribution in [0.3, 0.4) is 0 Å². The number of nitrogens with zero attached hydrogens (tertiary/aromatic N) is 2. The Morgan fingerprint density at radius 2 is 2.22 bits per heavy atom. The van der Waals surface area contributed by atoms with E-state index in [1.165, 1.54) is 16.7 Å². The third-order valence-corrected chi connectivity index (χ3v) is 2.64. The lowest BCUT2D eigenvalue weighted by atomic mass is 10.2. The average molecular weight is 249 g/mol. The van der Waals surface area contributed by atoms with E-state index in [1.807, 2.05) is 13.8 Å². The molecule has 2 heterocycles. The highest BCUT2D eigenvalue weighted by Gasteiger charge is 2.16. The summed E-state index contributed by atoms with van der Waals surface area (Å²) in [5.74, 6) is -0.248. The number of pyridine rings is 1. The number of nitrogens with one attached hydrogen (secondary N) is 1. The summed E-state index contributed by atoms with van der Waals surface area (Å²) >= 11 is 0. The summed E-state index contributed by atoms with van der Waals surface area (Å²) in [5, 5.41) is 2.81. The van der Waals surface area contributed by atoms with Crippen LogP contribution in [0.25, 0.3) is 5.65 Å². The highest BCUT2D eigenvalue weighted by molar-refractivity contribution is 5.94. The highest BCUT2D eigenvalue weighted by atomic mass is 19.1. The lowest BCUT2D eigenvalue weighted by Gasteiger charge is -2.08. The smallest absolute Gasteiger partial charge is 0.270 e. The maximum atomic E-state index is 13.2. The Hall–Kier alpha value is -1.91. The van der Waals surface area contributed by atoms with Crippen LogP contribution in [0.1, 0.15) is 30.0 Å². The van der Waals surface area contributed by atoms with E-state index in [2.05, 4.69) is 10.3 Å². The molecule has 5 heteroatoms. The van der Waals surface area contributed by atoms with Gasteiger partial charge in [-0.05, 0) is 25.0 Å². The molecule has 4 nitrogen and oxygen atoms in total. The van der Waals surface area contributed by atoms with Crippen LogP contribution in [-0.4, -0.2) is 21.8 Å². The predicted octanol–water partition coefficient (Wildman–Crippen LogP) is 2.17. The SMILES string of the molecule is Cc1nc2ccc(F)cn2c1C(=O)NCC(C)C. The lowest BCUT2D eigenvalue weighted by molar-refractivity contribution is 0.0942. The largest absolute Gasteiger partial charge is 0.350 e. The summed E-state index contributed by atoms with van der Waals surface area (Å²) in [5.41, 5.74) is 1.57. The summed E-state index contributed by atoms with van der Waals surface area (Å²) < 4.78 is 14.7. The molecule has 0 fully saturated rings. The highest BCUT2D eigenvalue weighted by Crippen LogP contribution is 2.13. The van der Waals surface area contributed by atoms with Crippen molar-refractivity contribution in [2.45, 2.75) is 20.8 Å². The minimum Gasteiger partial charge on any atom is -0.350 e. The molecule has 0 saturated heterocycles. The average Bonchev–Trinajstić information content (AvgIpc) is 2.61. The van der Waals surface area contributed by atoms with Crippen LogP contribution in [0, 0.1) is 18.7 Å². The van der Waals surface area contributed by atoms with Crippen molar-refractivity contribution in [1.29, 1.82) is 0 Å². The second-order valence-corrected chi connectivity index (χ2v) is 4.73. The van der Waals surface area contributed by atoms with Crippen molar-refractivity contribution in [3.63, 3.8) is 0 Å². The first-order chi connectivity index (χ1) is 8.49. The van der Waals surface area contributed by atoms with Gasteiger partial charge in [0.15, 0.2) is 0 Å². The van der Waals surface area contributed by atoms with Crippen LogP contribution in [-0.2, 0) is 0 Å². The number of fused-ring (bicyclic) bond motifs is 1. The zero-order chi connectivity index (χ0) is 13.3. The van der Waals surface area contributed by atoms with Crippen LogP contribution < -0.4 is 5.32 Å². The summed E-state index contributed by atoms with van der Waals surface area (Å²) in [6.45, 7) is 6.36. The molecule has 0 aliphatic heterocycles. The Kier molecular flexibility index (Phi) is 3.32. The van der Waals surface area contributed by atoms with Gasteiger partial charge in [0.1, 0.15) is 17.2 Å². The number of imidazole rings is 1. The summed E-state index contributed by atoms with van der Waals surface area (Å²) in [6.07, 6.45) is 1.28. The van der Waals surface area contributed by atoms with E-state index < -0.39 is 5.82 Å². The van der Waals surface area contributed by atoms with Crippen LogP contribution in [0.2, 0.25) is 0 Å². The maximum absolute atomic E-state index is 13.2. The molecule has 1 amide bonds. The van der Waals surface area contributed by atoms with Crippen molar-refractivity contribution in [2.75, 3.05) is 6.54 Å². The molecule has 0 aliphatic carbocycles. The van der Waals surface area contributed by atoms with Crippen molar-refractivity contribution < 1.29 is 9.18 Å². The number of rotatable bonds is 3. The molecule has 0 saturated carbocycles. The van der Waals surface area contributed by atoms with Gasteiger partial charge in [0.05, 0.1) is 5.69 Å². The van der Waals surface area contributed by atoms with Crippen molar-refractivity contribution in [3.05, 3.63) is 35.5 Å². The van der Waals surface area contributed by atoms with Gasteiger partial charge in [0.25, 0.3) is 5.91 Å². The second-order valence-electron chi connectivity index (χ2n) is 4.73. The third kappa shape index (κ3) is 2.34. The third-order valence-electron chi connectivity index (χ3n) is 2.64.